The predicted molar refractivity (Wildman–Crippen MR) is 74.6 cm³/mol. The van der Waals surface area contributed by atoms with E-state index < -0.39 is 0 Å². The molecule has 92 valence electrons. The lowest BCUT2D eigenvalue weighted by Gasteiger charge is -2.16. The van der Waals surface area contributed by atoms with Crippen LogP contribution in [0.15, 0.2) is 35.6 Å². The van der Waals surface area contributed by atoms with Gasteiger partial charge in [-0.3, -0.25) is 0 Å². The summed E-state index contributed by atoms with van der Waals surface area (Å²) in [4.78, 5) is 10.8. The summed E-state index contributed by atoms with van der Waals surface area (Å²) in [6, 6.07) is 8.13. The van der Waals surface area contributed by atoms with Gasteiger partial charge in [-0.05, 0) is 29.5 Å². The maximum Gasteiger partial charge on any atom is 0.133 e. The Morgan fingerprint density at radius 2 is 2.00 bits per heavy atom. The van der Waals surface area contributed by atoms with Gasteiger partial charge in [0.25, 0.3) is 0 Å². The molecule has 0 radical (unpaired) electrons. The van der Waals surface area contributed by atoms with Crippen molar-refractivity contribution in [3.8, 4) is 0 Å². The largest absolute Gasteiger partial charge is 0.399 e. The molecule has 1 aromatic heterocycles. The monoisotopic (exact) mass is 258 g/mol. The molecule has 0 atom stereocenters. The molecule has 0 fully saturated rings. The van der Waals surface area contributed by atoms with E-state index in [1.165, 1.54) is 11.1 Å². The van der Waals surface area contributed by atoms with Gasteiger partial charge in [-0.1, -0.05) is 6.07 Å². The molecule has 0 aliphatic carbocycles. The fraction of sp³-hybridized carbons (Fsp3) is 0.231. The van der Waals surface area contributed by atoms with Gasteiger partial charge < -0.3 is 10.6 Å². The average Bonchev–Trinajstić information content (AvgIpc) is 2.81. The first kappa shape index (κ1) is 11.3. The molecule has 0 amide bonds. The summed E-state index contributed by atoms with van der Waals surface area (Å²) >= 11 is 1.63. The third-order valence-electron chi connectivity index (χ3n) is 3.11. The number of thioether (sulfide) groups is 1. The van der Waals surface area contributed by atoms with Gasteiger partial charge in [-0.25, -0.2) is 9.97 Å². The van der Waals surface area contributed by atoms with Gasteiger partial charge in [0.05, 0.1) is 0 Å². The molecule has 4 nitrogen and oxygen atoms in total. The lowest BCUT2D eigenvalue weighted by atomic mass is 10.1. The smallest absolute Gasteiger partial charge is 0.133 e. The minimum Gasteiger partial charge on any atom is -0.399 e. The summed E-state index contributed by atoms with van der Waals surface area (Å²) in [5.74, 6) is 0.976. The lowest BCUT2D eigenvalue weighted by molar-refractivity contribution is 0.841. The van der Waals surface area contributed by atoms with Crippen molar-refractivity contribution in [1.29, 1.82) is 0 Å². The van der Waals surface area contributed by atoms with Crippen LogP contribution in [0.5, 0.6) is 0 Å². The van der Waals surface area contributed by atoms with Crippen LogP contribution in [0.25, 0.3) is 0 Å². The fourth-order valence-electron chi connectivity index (χ4n) is 2.19. The number of nitrogens with two attached hydrogens (primary N) is 1. The van der Waals surface area contributed by atoms with Crippen LogP contribution in [-0.4, -0.2) is 16.2 Å². The first-order chi connectivity index (χ1) is 8.76. The second-order valence-corrected chi connectivity index (χ2v) is 5.13. The third kappa shape index (κ3) is 2.01. The summed E-state index contributed by atoms with van der Waals surface area (Å²) in [6.45, 7) is 1.76. The van der Waals surface area contributed by atoms with Gasteiger partial charge in [0, 0.05) is 24.8 Å². The van der Waals surface area contributed by atoms with Crippen molar-refractivity contribution >= 4 is 23.3 Å². The summed E-state index contributed by atoms with van der Waals surface area (Å²) in [5, 5.41) is 0.996. The minimum absolute atomic E-state index is 0.822. The van der Waals surface area contributed by atoms with Crippen LogP contribution in [0.1, 0.15) is 11.1 Å². The zero-order valence-electron chi connectivity index (χ0n) is 10.1. The number of benzene rings is 1. The van der Waals surface area contributed by atoms with Crippen LogP contribution in [-0.2, 0) is 13.1 Å². The van der Waals surface area contributed by atoms with Crippen molar-refractivity contribution in [2.24, 2.45) is 0 Å². The van der Waals surface area contributed by atoms with E-state index in [0.717, 1.165) is 29.6 Å². The topological polar surface area (TPSA) is 55.0 Å². The summed E-state index contributed by atoms with van der Waals surface area (Å²) in [6.07, 6.45) is 3.64. The van der Waals surface area contributed by atoms with E-state index in [1.54, 1.807) is 18.1 Å². The molecule has 3 rings (SSSR count). The molecule has 0 saturated carbocycles. The van der Waals surface area contributed by atoms with E-state index >= 15 is 0 Å². The van der Waals surface area contributed by atoms with Crippen LogP contribution in [0.4, 0.5) is 11.5 Å². The number of aromatic nitrogens is 2. The van der Waals surface area contributed by atoms with Crippen LogP contribution in [0, 0.1) is 0 Å². The Morgan fingerprint density at radius 1 is 1.17 bits per heavy atom. The number of rotatable bonds is 2. The van der Waals surface area contributed by atoms with E-state index in [-0.39, 0.29) is 0 Å². The maximum atomic E-state index is 5.81. The van der Waals surface area contributed by atoms with Gasteiger partial charge >= 0.3 is 0 Å². The molecule has 2 heterocycles. The van der Waals surface area contributed by atoms with Crippen molar-refractivity contribution in [2.45, 2.75) is 18.1 Å². The number of hydrogen-bond acceptors (Lipinski definition) is 5. The molecule has 0 saturated heterocycles. The Kier molecular flexibility index (Phi) is 2.83. The number of nitrogens with zero attached hydrogens (tertiary/aromatic N) is 3. The molecular weight excluding hydrogens is 244 g/mol. The number of fused-ring (bicyclic) bond motifs is 1. The SMILES string of the molecule is CSc1cc(N2Cc3ccc(N)cc3C2)ncn1. The van der Waals surface area contributed by atoms with Gasteiger partial charge in [-0.2, -0.15) is 0 Å². The Labute approximate surface area is 110 Å². The van der Waals surface area contributed by atoms with Crippen LogP contribution >= 0.6 is 11.8 Å². The van der Waals surface area contributed by atoms with E-state index in [4.69, 9.17) is 5.73 Å². The lowest BCUT2D eigenvalue weighted by Crippen LogP contribution is -2.16. The van der Waals surface area contributed by atoms with Gasteiger partial charge in [0.15, 0.2) is 0 Å². The molecular formula is C13H14N4S. The van der Waals surface area contributed by atoms with Gasteiger partial charge in [0.1, 0.15) is 17.2 Å². The zero-order valence-corrected chi connectivity index (χ0v) is 10.9. The van der Waals surface area contributed by atoms with Crippen molar-refractivity contribution < 1.29 is 0 Å². The summed E-state index contributed by atoms with van der Waals surface area (Å²) in [5.41, 5.74) is 9.25. The van der Waals surface area contributed by atoms with E-state index in [0.29, 0.717) is 0 Å². The Bertz CT molecular complexity index is 585. The Morgan fingerprint density at radius 3 is 2.83 bits per heavy atom. The van der Waals surface area contributed by atoms with Crippen LogP contribution in [0.3, 0.4) is 0 Å². The van der Waals surface area contributed by atoms with Crippen LogP contribution in [0.2, 0.25) is 0 Å². The summed E-state index contributed by atoms with van der Waals surface area (Å²) < 4.78 is 0. The van der Waals surface area contributed by atoms with Crippen molar-refractivity contribution in [3.05, 3.63) is 41.7 Å². The molecule has 1 aromatic carbocycles. The van der Waals surface area contributed by atoms with Gasteiger partial charge in [0.2, 0.25) is 0 Å². The minimum atomic E-state index is 0.822. The highest BCUT2D eigenvalue weighted by molar-refractivity contribution is 7.98. The molecule has 0 spiro atoms. The molecule has 1 aliphatic heterocycles. The van der Waals surface area contributed by atoms with E-state index in [1.807, 2.05) is 24.5 Å². The average molecular weight is 258 g/mol. The zero-order chi connectivity index (χ0) is 12.5. The first-order valence-corrected chi connectivity index (χ1v) is 6.97. The molecule has 1 aliphatic rings. The molecule has 0 unspecified atom stereocenters. The molecule has 5 heteroatoms. The quantitative estimate of drug-likeness (QED) is 0.509. The first-order valence-electron chi connectivity index (χ1n) is 5.74. The highest BCUT2D eigenvalue weighted by Crippen LogP contribution is 2.29. The van der Waals surface area contributed by atoms with Gasteiger partial charge in [-0.15, -0.1) is 11.8 Å². The highest BCUT2D eigenvalue weighted by Gasteiger charge is 2.20. The Hall–Kier alpha value is -1.75. The predicted octanol–water partition coefficient (Wildman–Crippen LogP) is 2.30. The second-order valence-electron chi connectivity index (χ2n) is 4.30. The maximum absolute atomic E-state index is 5.81. The fourth-order valence-corrected chi connectivity index (χ4v) is 2.57. The molecule has 0 bridgehead atoms. The number of nitrogen functional groups attached to an aromatic ring is 1. The third-order valence-corrected chi connectivity index (χ3v) is 3.75. The molecule has 2 aromatic rings. The summed E-state index contributed by atoms with van der Waals surface area (Å²) in [7, 11) is 0. The molecule has 18 heavy (non-hydrogen) atoms. The molecule has 2 N–H and O–H groups in total. The normalized spacial score (nSPS) is 13.7. The Balaban J connectivity index is 1.88. The van der Waals surface area contributed by atoms with E-state index in [9.17, 15) is 0 Å². The number of hydrogen-bond donors (Lipinski definition) is 1. The second kappa shape index (κ2) is 4.49. The standard InChI is InChI=1S/C13H14N4S/c1-18-13-5-12(15-8-16-13)17-6-9-2-3-11(14)4-10(9)7-17/h2-5,8H,6-7,14H2,1H3. The van der Waals surface area contributed by atoms with E-state index in [2.05, 4.69) is 20.9 Å². The van der Waals surface area contributed by atoms with Crippen molar-refractivity contribution in [1.82, 2.24) is 9.97 Å². The highest BCUT2D eigenvalue weighted by atomic mass is 32.2. The van der Waals surface area contributed by atoms with Crippen molar-refractivity contribution in [3.63, 3.8) is 0 Å². The van der Waals surface area contributed by atoms with Crippen molar-refractivity contribution in [2.75, 3.05) is 16.9 Å². The van der Waals surface area contributed by atoms with Crippen LogP contribution < -0.4 is 10.6 Å². The number of anilines is 2.